The van der Waals surface area contributed by atoms with Gasteiger partial charge in [-0.2, -0.15) is 4.98 Å². The lowest BCUT2D eigenvalue weighted by atomic mass is 10.1. The summed E-state index contributed by atoms with van der Waals surface area (Å²) in [5.41, 5.74) is 14.5. The van der Waals surface area contributed by atoms with Crippen LogP contribution < -0.4 is 21.3 Å². The van der Waals surface area contributed by atoms with Crippen LogP contribution in [0.15, 0.2) is 24.3 Å². The lowest BCUT2D eigenvalue weighted by molar-refractivity contribution is 0.0697. The summed E-state index contributed by atoms with van der Waals surface area (Å²) in [4.78, 5) is 23.5. The summed E-state index contributed by atoms with van der Waals surface area (Å²) in [6, 6.07) is 6.93. The Morgan fingerprint density at radius 1 is 1.04 bits per heavy atom. The van der Waals surface area contributed by atoms with E-state index < -0.39 is 5.97 Å². The summed E-state index contributed by atoms with van der Waals surface area (Å²) in [7, 11) is 0. The molecule has 0 amide bonds. The van der Waals surface area contributed by atoms with Crippen molar-refractivity contribution in [2.24, 2.45) is 0 Å². The molecule has 5 N–H and O–H groups in total. The lowest BCUT2D eigenvalue weighted by Crippen LogP contribution is -2.47. The quantitative estimate of drug-likeness (QED) is 0.747. The average Bonchev–Trinajstić information content (AvgIpc) is 2.54. The molecule has 0 radical (unpaired) electrons. The van der Waals surface area contributed by atoms with Gasteiger partial charge in [0.05, 0.1) is 11.3 Å². The van der Waals surface area contributed by atoms with Crippen LogP contribution in [0.1, 0.15) is 16.1 Å². The number of carboxylic acid groups (broad SMARTS) is 1. The second-order valence-corrected chi connectivity index (χ2v) is 5.73. The van der Waals surface area contributed by atoms with Crippen LogP contribution in [0.5, 0.6) is 0 Å². The van der Waals surface area contributed by atoms with Gasteiger partial charge in [-0.05, 0) is 31.2 Å². The van der Waals surface area contributed by atoms with Crippen molar-refractivity contribution >= 4 is 41.5 Å². The molecule has 9 heteroatoms. The molecule has 1 aliphatic rings. The summed E-state index contributed by atoms with van der Waals surface area (Å²) < 4.78 is 0. The normalized spacial score (nSPS) is 14.1. The first-order chi connectivity index (χ1) is 11.5. The Morgan fingerprint density at radius 3 is 2.12 bits per heavy atom. The smallest absolute Gasteiger partial charge is 0.335 e. The second-order valence-electron chi connectivity index (χ2n) is 5.73. The molecule has 0 spiro atoms. The molecular formula is C16H21ClN6O2. The molecule has 1 saturated heterocycles. The van der Waals surface area contributed by atoms with Crippen LogP contribution in [0.2, 0.25) is 0 Å². The Balaban J connectivity index is 0.00000225. The number of carboxylic acids is 1. The SMILES string of the molecule is Cc1nc(N)nc(N)c1N1CCN(c2ccc(C(=O)O)cc2)CC1.Cl. The van der Waals surface area contributed by atoms with Crippen LogP contribution in [-0.2, 0) is 0 Å². The minimum absolute atomic E-state index is 0. The largest absolute Gasteiger partial charge is 0.478 e. The first-order valence-electron chi connectivity index (χ1n) is 7.68. The standard InChI is InChI=1S/C16H20N6O2.ClH/c1-10-13(14(17)20-16(18)19-10)22-8-6-21(7-9-22)12-4-2-11(3-5-12)15(23)24;/h2-5H,6-9H2,1H3,(H,23,24)(H4,17,18,19,20);1H. The van der Waals surface area contributed by atoms with E-state index in [1.54, 1.807) is 12.1 Å². The zero-order valence-electron chi connectivity index (χ0n) is 13.8. The number of nitrogen functional groups attached to an aromatic ring is 2. The molecule has 1 fully saturated rings. The molecule has 1 aromatic carbocycles. The zero-order chi connectivity index (χ0) is 17.3. The van der Waals surface area contributed by atoms with Crippen molar-refractivity contribution in [2.45, 2.75) is 6.92 Å². The Morgan fingerprint density at radius 2 is 1.60 bits per heavy atom. The number of aromatic nitrogens is 2. The third kappa shape index (κ3) is 3.85. The van der Waals surface area contributed by atoms with Gasteiger partial charge < -0.3 is 26.4 Å². The molecule has 134 valence electrons. The van der Waals surface area contributed by atoms with E-state index in [-0.39, 0.29) is 18.4 Å². The van der Waals surface area contributed by atoms with Gasteiger partial charge in [0.2, 0.25) is 5.95 Å². The summed E-state index contributed by atoms with van der Waals surface area (Å²) in [5.74, 6) is -0.328. The van der Waals surface area contributed by atoms with Crippen molar-refractivity contribution in [1.29, 1.82) is 0 Å². The highest BCUT2D eigenvalue weighted by atomic mass is 35.5. The number of halogens is 1. The maximum atomic E-state index is 10.9. The Bertz CT molecular complexity index is 737. The van der Waals surface area contributed by atoms with E-state index in [4.69, 9.17) is 16.6 Å². The highest BCUT2D eigenvalue weighted by molar-refractivity contribution is 5.88. The summed E-state index contributed by atoms with van der Waals surface area (Å²) >= 11 is 0. The van der Waals surface area contributed by atoms with E-state index in [1.165, 1.54) is 0 Å². The monoisotopic (exact) mass is 364 g/mol. The number of hydrogen-bond acceptors (Lipinski definition) is 7. The fourth-order valence-electron chi connectivity index (χ4n) is 3.01. The van der Waals surface area contributed by atoms with E-state index in [1.807, 2.05) is 19.1 Å². The van der Waals surface area contributed by atoms with E-state index in [0.717, 1.165) is 43.2 Å². The van der Waals surface area contributed by atoms with Gasteiger partial charge in [0, 0.05) is 31.9 Å². The molecule has 0 saturated carbocycles. The van der Waals surface area contributed by atoms with E-state index in [0.29, 0.717) is 11.4 Å². The van der Waals surface area contributed by atoms with Gasteiger partial charge in [0.15, 0.2) is 5.82 Å². The Labute approximate surface area is 151 Å². The topological polar surface area (TPSA) is 122 Å². The highest BCUT2D eigenvalue weighted by Crippen LogP contribution is 2.27. The van der Waals surface area contributed by atoms with Gasteiger partial charge in [-0.1, -0.05) is 0 Å². The Kier molecular flexibility index (Phi) is 5.53. The zero-order valence-corrected chi connectivity index (χ0v) is 14.7. The van der Waals surface area contributed by atoms with Crippen LogP contribution in [-0.4, -0.2) is 47.2 Å². The predicted molar refractivity (Wildman–Crippen MR) is 101 cm³/mol. The molecular weight excluding hydrogens is 344 g/mol. The van der Waals surface area contributed by atoms with Crippen molar-refractivity contribution in [3.05, 3.63) is 35.5 Å². The first-order valence-corrected chi connectivity index (χ1v) is 7.68. The molecule has 0 atom stereocenters. The first kappa shape index (κ1) is 18.6. The van der Waals surface area contributed by atoms with Gasteiger partial charge in [-0.25, -0.2) is 9.78 Å². The number of nitrogens with two attached hydrogens (primary N) is 2. The van der Waals surface area contributed by atoms with Crippen molar-refractivity contribution in [2.75, 3.05) is 47.4 Å². The minimum atomic E-state index is -0.916. The highest BCUT2D eigenvalue weighted by Gasteiger charge is 2.22. The molecule has 1 aromatic heterocycles. The summed E-state index contributed by atoms with van der Waals surface area (Å²) in [5, 5.41) is 8.97. The van der Waals surface area contributed by atoms with Gasteiger partial charge in [0.25, 0.3) is 0 Å². The fourth-order valence-corrected chi connectivity index (χ4v) is 3.01. The number of rotatable bonds is 3. The van der Waals surface area contributed by atoms with E-state index in [9.17, 15) is 4.79 Å². The third-order valence-corrected chi connectivity index (χ3v) is 4.18. The number of anilines is 4. The Hall–Kier alpha value is -2.74. The lowest BCUT2D eigenvalue weighted by Gasteiger charge is -2.38. The van der Waals surface area contributed by atoms with Gasteiger partial charge in [0.1, 0.15) is 5.69 Å². The second kappa shape index (κ2) is 7.43. The summed E-state index contributed by atoms with van der Waals surface area (Å²) in [6.07, 6.45) is 0. The molecule has 8 nitrogen and oxygen atoms in total. The van der Waals surface area contributed by atoms with Crippen LogP contribution in [0.4, 0.5) is 23.1 Å². The molecule has 3 rings (SSSR count). The minimum Gasteiger partial charge on any atom is -0.478 e. The molecule has 0 bridgehead atoms. The maximum absolute atomic E-state index is 10.9. The number of hydrogen-bond donors (Lipinski definition) is 3. The molecule has 2 heterocycles. The van der Waals surface area contributed by atoms with Gasteiger partial charge in [-0.15, -0.1) is 12.4 Å². The molecule has 0 aliphatic carbocycles. The molecule has 2 aromatic rings. The fraction of sp³-hybridized carbons (Fsp3) is 0.312. The molecule has 0 unspecified atom stereocenters. The number of benzene rings is 1. The summed E-state index contributed by atoms with van der Waals surface area (Å²) in [6.45, 7) is 5.03. The molecule has 1 aliphatic heterocycles. The molecule has 25 heavy (non-hydrogen) atoms. The van der Waals surface area contributed by atoms with E-state index >= 15 is 0 Å². The van der Waals surface area contributed by atoms with Crippen molar-refractivity contribution in [3.63, 3.8) is 0 Å². The van der Waals surface area contributed by atoms with E-state index in [2.05, 4.69) is 19.8 Å². The van der Waals surface area contributed by atoms with Crippen LogP contribution in [0.25, 0.3) is 0 Å². The van der Waals surface area contributed by atoms with Gasteiger partial charge in [-0.3, -0.25) is 0 Å². The third-order valence-electron chi connectivity index (χ3n) is 4.18. The van der Waals surface area contributed by atoms with Crippen molar-refractivity contribution < 1.29 is 9.90 Å². The predicted octanol–water partition coefficient (Wildman–Crippen LogP) is 1.40. The number of piperazine rings is 1. The number of aromatic carboxylic acids is 1. The maximum Gasteiger partial charge on any atom is 0.335 e. The van der Waals surface area contributed by atoms with Crippen LogP contribution in [0.3, 0.4) is 0 Å². The van der Waals surface area contributed by atoms with Gasteiger partial charge >= 0.3 is 5.97 Å². The van der Waals surface area contributed by atoms with Crippen LogP contribution in [0, 0.1) is 6.92 Å². The number of nitrogens with zero attached hydrogens (tertiary/aromatic N) is 4. The van der Waals surface area contributed by atoms with Crippen LogP contribution >= 0.6 is 12.4 Å². The number of carbonyl (C=O) groups is 1. The van der Waals surface area contributed by atoms with Crippen molar-refractivity contribution in [1.82, 2.24) is 9.97 Å². The average molecular weight is 365 g/mol. The number of aryl methyl sites for hydroxylation is 1. The van der Waals surface area contributed by atoms with Crippen molar-refractivity contribution in [3.8, 4) is 0 Å².